The molecule has 4 aromatic carbocycles. The summed E-state index contributed by atoms with van der Waals surface area (Å²) in [6, 6.07) is 29.1. The maximum absolute atomic E-state index is 9.46. The topological polar surface area (TPSA) is 141 Å². The lowest BCUT2D eigenvalue weighted by molar-refractivity contribution is 0.475. The fourth-order valence-corrected chi connectivity index (χ4v) is 4.21. The average molecular weight is 645 g/mol. The Morgan fingerprint density at radius 3 is 1.21 bits per heavy atom. The molecule has 0 bridgehead atoms. The first-order valence-electron chi connectivity index (χ1n) is 14.9. The molecule has 244 valence electrons. The van der Waals surface area contributed by atoms with Crippen molar-refractivity contribution in [1.29, 1.82) is 0 Å². The molecule has 48 heavy (non-hydrogen) atoms. The van der Waals surface area contributed by atoms with Gasteiger partial charge in [-0.15, -0.1) is 0 Å². The third kappa shape index (κ3) is 9.72. The molecule has 2 aromatic heterocycles. The zero-order valence-corrected chi connectivity index (χ0v) is 26.9. The number of aromatic hydroxyl groups is 2. The van der Waals surface area contributed by atoms with Gasteiger partial charge in [-0.3, -0.25) is 0 Å². The summed E-state index contributed by atoms with van der Waals surface area (Å²) in [5.41, 5.74) is 3.52. The van der Waals surface area contributed by atoms with Gasteiger partial charge in [-0.2, -0.15) is 0 Å². The van der Waals surface area contributed by atoms with E-state index in [0.29, 0.717) is 34.8 Å². The molecule has 0 saturated heterocycles. The number of hydrogen-bond donors (Lipinski definition) is 4. The molecule has 6 rings (SSSR count). The highest BCUT2D eigenvalue weighted by Crippen LogP contribution is 2.27. The number of nitrogens with one attached hydrogen (secondary N) is 2. The number of anilines is 6. The normalized spacial score (nSPS) is 10.2. The first kappa shape index (κ1) is 32.8. The van der Waals surface area contributed by atoms with E-state index in [-0.39, 0.29) is 11.5 Å². The Kier molecular flexibility index (Phi) is 10.7. The van der Waals surface area contributed by atoms with Gasteiger partial charge in [0.15, 0.2) is 11.5 Å². The maximum Gasteiger partial charge on any atom is 0.227 e. The second kappa shape index (κ2) is 15.6. The van der Waals surface area contributed by atoms with Gasteiger partial charge in [-0.05, 0) is 48.5 Å². The molecule has 0 aliphatic rings. The van der Waals surface area contributed by atoms with Crippen LogP contribution in [0.15, 0.2) is 122 Å². The predicted molar refractivity (Wildman–Crippen MR) is 189 cm³/mol. The molecule has 4 N–H and O–H groups in total. The summed E-state index contributed by atoms with van der Waals surface area (Å²) in [5.74, 6) is 3.75. The average Bonchev–Trinajstić information content (AvgIpc) is 3.07. The monoisotopic (exact) mass is 644 g/mol. The molecule has 0 atom stereocenters. The molecule has 0 fully saturated rings. The third-order valence-electron chi connectivity index (χ3n) is 6.60. The molecule has 0 unspecified atom stereocenters. The van der Waals surface area contributed by atoms with E-state index < -0.39 is 0 Å². The van der Waals surface area contributed by atoms with E-state index in [4.69, 9.17) is 9.47 Å². The number of rotatable bonds is 10. The minimum Gasteiger partial charge on any atom is -0.508 e. The Morgan fingerprint density at radius 2 is 0.854 bits per heavy atom. The number of aromatic nitrogens is 4. The summed E-state index contributed by atoms with van der Waals surface area (Å²) in [6.07, 6.45) is 6.39. The van der Waals surface area contributed by atoms with Crippen LogP contribution in [0, 0.1) is 0 Å². The van der Waals surface area contributed by atoms with Crippen molar-refractivity contribution < 1.29 is 19.7 Å². The number of nitrogens with zero attached hydrogens (tertiary/aromatic N) is 6. The summed E-state index contributed by atoms with van der Waals surface area (Å²) < 4.78 is 11.5. The largest absolute Gasteiger partial charge is 0.508 e. The van der Waals surface area contributed by atoms with Crippen LogP contribution in [-0.2, 0) is 0 Å². The molecule has 0 amide bonds. The van der Waals surface area contributed by atoms with Gasteiger partial charge < -0.3 is 40.1 Å². The van der Waals surface area contributed by atoms with Crippen molar-refractivity contribution in [1.82, 2.24) is 19.9 Å². The lowest BCUT2D eigenvalue weighted by Gasteiger charge is -2.13. The fraction of sp³-hybridized carbons (Fsp3) is 0.111. The van der Waals surface area contributed by atoms with Crippen LogP contribution >= 0.6 is 0 Å². The second-order valence-corrected chi connectivity index (χ2v) is 10.8. The molecule has 12 nitrogen and oxygen atoms in total. The summed E-state index contributed by atoms with van der Waals surface area (Å²) in [5, 5.41) is 24.9. The summed E-state index contributed by atoms with van der Waals surface area (Å²) in [4.78, 5) is 20.9. The van der Waals surface area contributed by atoms with Gasteiger partial charge in [0.1, 0.15) is 23.0 Å². The molecule has 0 radical (unpaired) electrons. The number of benzene rings is 4. The van der Waals surface area contributed by atoms with Crippen LogP contribution in [0.25, 0.3) is 0 Å². The van der Waals surface area contributed by atoms with E-state index in [1.807, 2.05) is 98.7 Å². The maximum atomic E-state index is 9.46. The second-order valence-electron chi connectivity index (χ2n) is 10.8. The van der Waals surface area contributed by atoms with E-state index in [1.54, 1.807) is 61.2 Å². The first-order valence-corrected chi connectivity index (χ1v) is 14.9. The van der Waals surface area contributed by atoms with Crippen molar-refractivity contribution in [2.45, 2.75) is 0 Å². The molecular weight excluding hydrogens is 608 g/mol. The zero-order chi connectivity index (χ0) is 33.9. The Hall–Kier alpha value is -6.56. The lowest BCUT2D eigenvalue weighted by Crippen LogP contribution is -2.08. The predicted octanol–water partition coefficient (Wildman–Crippen LogP) is 7.57. The number of ether oxygens (including phenoxy) is 2. The standard InChI is InChI=1S/2C18H18N4O2/c2*1-22(2)14-6-4-8-16(10-14)24-17-11-19-18(20-12-17)21-13-5-3-7-15(23)9-13/h2*3-12,23H,1-2H3,(H,19,20,21). The number of phenols is 2. The van der Waals surface area contributed by atoms with Crippen LogP contribution in [0.2, 0.25) is 0 Å². The van der Waals surface area contributed by atoms with E-state index in [2.05, 4.69) is 30.6 Å². The van der Waals surface area contributed by atoms with Crippen molar-refractivity contribution in [3.05, 3.63) is 122 Å². The van der Waals surface area contributed by atoms with Crippen LogP contribution < -0.4 is 29.9 Å². The van der Waals surface area contributed by atoms with Gasteiger partial charge in [0.2, 0.25) is 11.9 Å². The first-order chi connectivity index (χ1) is 23.2. The quantitative estimate of drug-likeness (QED) is 0.117. The van der Waals surface area contributed by atoms with Crippen LogP contribution in [-0.4, -0.2) is 58.3 Å². The van der Waals surface area contributed by atoms with E-state index >= 15 is 0 Å². The Morgan fingerprint density at radius 1 is 0.479 bits per heavy atom. The zero-order valence-electron chi connectivity index (χ0n) is 26.9. The van der Waals surface area contributed by atoms with Gasteiger partial charge in [0, 0.05) is 75.2 Å². The van der Waals surface area contributed by atoms with E-state index in [9.17, 15) is 10.2 Å². The van der Waals surface area contributed by atoms with Gasteiger partial charge in [-0.1, -0.05) is 24.3 Å². The van der Waals surface area contributed by atoms with Crippen LogP contribution in [0.5, 0.6) is 34.5 Å². The minimum absolute atomic E-state index is 0.181. The van der Waals surface area contributed by atoms with Gasteiger partial charge in [0.25, 0.3) is 0 Å². The third-order valence-corrected chi connectivity index (χ3v) is 6.60. The van der Waals surface area contributed by atoms with Gasteiger partial charge >= 0.3 is 0 Å². The highest BCUT2D eigenvalue weighted by atomic mass is 16.5. The Labute approximate surface area is 278 Å². The molecule has 12 heteroatoms. The lowest BCUT2D eigenvalue weighted by atomic mass is 10.3. The molecule has 0 aliphatic heterocycles. The number of hydrogen-bond acceptors (Lipinski definition) is 12. The van der Waals surface area contributed by atoms with Crippen molar-refractivity contribution in [3.8, 4) is 34.5 Å². The highest BCUT2D eigenvalue weighted by molar-refractivity contribution is 5.57. The van der Waals surface area contributed by atoms with Gasteiger partial charge in [0.05, 0.1) is 24.8 Å². The summed E-state index contributed by atoms with van der Waals surface area (Å²) in [7, 11) is 7.91. The highest BCUT2D eigenvalue weighted by Gasteiger charge is 2.05. The summed E-state index contributed by atoms with van der Waals surface area (Å²) >= 11 is 0. The van der Waals surface area contributed by atoms with Crippen LogP contribution in [0.1, 0.15) is 0 Å². The Bertz CT molecular complexity index is 1780. The van der Waals surface area contributed by atoms with Crippen molar-refractivity contribution in [3.63, 3.8) is 0 Å². The van der Waals surface area contributed by atoms with Crippen LogP contribution in [0.4, 0.5) is 34.6 Å². The Balaban J connectivity index is 0.000000188. The van der Waals surface area contributed by atoms with E-state index in [1.165, 1.54) is 0 Å². The smallest absolute Gasteiger partial charge is 0.227 e. The fourth-order valence-electron chi connectivity index (χ4n) is 4.21. The summed E-state index contributed by atoms with van der Waals surface area (Å²) in [6.45, 7) is 0. The minimum atomic E-state index is 0.181. The van der Waals surface area contributed by atoms with Crippen molar-refractivity contribution >= 4 is 34.6 Å². The molecule has 0 aliphatic carbocycles. The molecule has 0 spiro atoms. The van der Waals surface area contributed by atoms with Crippen molar-refractivity contribution in [2.75, 3.05) is 48.6 Å². The number of phenolic OH excluding ortho intramolecular Hbond substituents is 2. The molecule has 6 aromatic rings. The SMILES string of the molecule is CN(C)c1cccc(Oc2cnc(Nc3cccc(O)c3)nc2)c1.CN(C)c1cccc(Oc2cnc(Nc3cccc(O)c3)nc2)c1. The van der Waals surface area contributed by atoms with Gasteiger partial charge in [-0.25, -0.2) is 19.9 Å². The molecular formula is C36H36N8O4. The van der Waals surface area contributed by atoms with E-state index in [0.717, 1.165) is 22.9 Å². The van der Waals surface area contributed by atoms with Crippen molar-refractivity contribution in [2.24, 2.45) is 0 Å². The van der Waals surface area contributed by atoms with Crippen LogP contribution in [0.3, 0.4) is 0 Å². The molecule has 0 saturated carbocycles. The molecule has 2 heterocycles.